The van der Waals surface area contributed by atoms with Crippen LogP contribution in [0.15, 0.2) is 24.4 Å². The van der Waals surface area contributed by atoms with Gasteiger partial charge < -0.3 is 4.57 Å². The Bertz CT molecular complexity index is 587. The molecule has 0 spiro atoms. The second-order valence-corrected chi connectivity index (χ2v) is 4.70. The van der Waals surface area contributed by atoms with Crippen molar-refractivity contribution in [1.29, 1.82) is 0 Å². The van der Waals surface area contributed by atoms with E-state index in [1.165, 1.54) is 6.07 Å². The van der Waals surface area contributed by atoms with E-state index in [4.69, 9.17) is 5.90 Å². The molecule has 0 radical (unpaired) electrons. The van der Waals surface area contributed by atoms with Crippen LogP contribution < -0.4 is 5.90 Å². The number of halogens is 3. The van der Waals surface area contributed by atoms with Crippen molar-refractivity contribution in [3.8, 4) is 0 Å². The smallest absolute Gasteiger partial charge is 0.345 e. The molecule has 1 heterocycles. The first-order valence-corrected chi connectivity index (χ1v) is 5.87. The summed E-state index contributed by atoms with van der Waals surface area (Å²) in [5.74, 6) is 5.03. The monoisotopic (exact) mass is 272 g/mol. The largest absolute Gasteiger partial charge is 0.416 e. The highest BCUT2D eigenvalue weighted by atomic mass is 19.4. The second-order valence-electron chi connectivity index (χ2n) is 4.70. The molecule has 19 heavy (non-hydrogen) atoms. The maximum atomic E-state index is 12.7. The highest BCUT2D eigenvalue weighted by molar-refractivity contribution is 5.85. The molecular formula is C13H15F3N2O. The maximum absolute atomic E-state index is 12.7. The molecule has 0 aliphatic carbocycles. The lowest BCUT2D eigenvalue weighted by atomic mass is 10.1. The topological polar surface area (TPSA) is 40.2 Å². The fourth-order valence-corrected chi connectivity index (χ4v) is 2.13. The Balaban J connectivity index is 2.66. The molecule has 3 nitrogen and oxygen atoms in total. The van der Waals surface area contributed by atoms with Crippen LogP contribution in [0.2, 0.25) is 0 Å². The van der Waals surface area contributed by atoms with Crippen LogP contribution in [0.1, 0.15) is 31.0 Å². The SMILES string of the molecule is CC(C)n1cc(CON)c2cc(C(F)(F)F)ccc21. The van der Waals surface area contributed by atoms with Crippen molar-refractivity contribution < 1.29 is 18.0 Å². The van der Waals surface area contributed by atoms with E-state index in [2.05, 4.69) is 4.84 Å². The predicted molar refractivity (Wildman–Crippen MR) is 66.3 cm³/mol. The van der Waals surface area contributed by atoms with E-state index < -0.39 is 11.7 Å². The normalized spacial score (nSPS) is 12.6. The fourth-order valence-electron chi connectivity index (χ4n) is 2.13. The molecule has 6 heteroatoms. The molecule has 0 atom stereocenters. The molecule has 1 aromatic heterocycles. The third-order valence-electron chi connectivity index (χ3n) is 3.04. The minimum atomic E-state index is -4.35. The Morgan fingerprint density at radius 3 is 2.53 bits per heavy atom. The predicted octanol–water partition coefficient (Wildman–Crippen LogP) is 3.63. The van der Waals surface area contributed by atoms with Gasteiger partial charge in [-0.1, -0.05) is 0 Å². The van der Waals surface area contributed by atoms with E-state index in [0.29, 0.717) is 10.9 Å². The van der Waals surface area contributed by atoms with Crippen LogP contribution in [-0.2, 0) is 17.6 Å². The van der Waals surface area contributed by atoms with E-state index in [1.54, 1.807) is 6.20 Å². The number of rotatable bonds is 3. The fraction of sp³-hybridized carbons (Fsp3) is 0.385. The van der Waals surface area contributed by atoms with E-state index in [0.717, 1.165) is 17.6 Å². The number of benzene rings is 1. The van der Waals surface area contributed by atoms with Gasteiger partial charge >= 0.3 is 6.18 Å². The highest BCUT2D eigenvalue weighted by Crippen LogP contribution is 2.34. The molecule has 0 aliphatic rings. The number of nitrogens with two attached hydrogens (primary N) is 1. The average molecular weight is 272 g/mol. The molecule has 2 aromatic rings. The summed E-state index contributed by atoms with van der Waals surface area (Å²) < 4.78 is 40.1. The van der Waals surface area contributed by atoms with E-state index in [-0.39, 0.29) is 12.6 Å². The summed E-state index contributed by atoms with van der Waals surface area (Å²) in [6.07, 6.45) is -2.57. The van der Waals surface area contributed by atoms with Crippen LogP contribution in [-0.4, -0.2) is 4.57 Å². The van der Waals surface area contributed by atoms with Gasteiger partial charge in [0.2, 0.25) is 0 Å². The molecule has 0 fully saturated rings. The summed E-state index contributed by atoms with van der Waals surface area (Å²) in [5, 5.41) is 0.522. The van der Waals surface area contributed by atoms with E-state index >= 15 is 0 Å². The minimum Gasteiger partial charge on any atom is -0.345 e. The summed E-state index contributed by atoms with van der Waals surface area (Å²) in [7, 11) is 0. The number of hydrogen-bond donors (Lipinski definition) is 1. The molecule has 0 amide bonds. The summed E-state index contributed by atoms with van der Waals surface area (Å²) in [6, 6.07) is 3.86. The third-order valence-corrected chi connectivity index (χ3v) is 3.04. The summed E-state index contributed by atoms with van der Waals surface area (Å²) in [5.41, 5.74) is 0.729. The third kappa shape index (κ3) is 2.59. The van der Waals surface area contributed by atoms with Crippen LogP contribution in [0, 0.1) is 0 Å². The number of nitrogens with zero attached hydrogens (tertiary/aromatic N) is 1. The Kier molecular flexibility index (Phi) is 3.56. The van der Waals surface area contributed by atoms with Crippen molar-refractivity contribution in [2.24, 2.45) is 5.90 Å². The number of fused-ring (bicyclic) bond motifs is 1. The summed E-state index contributed by atoms with van der Waals surface area (Å²) in [6.45, 7) is 4.01. The molecule has 1 aromatic carbocycles. The molecule has 0 saturated heterocycles. The molecule has 0 unspecified atom stereocenters. The van der Waals surface area contributed by atoms with Crippen molar-refractivity contribution in [1.82, 2.24) is 4.57 Å². The molecule has 2 rings (SSSR count). The molecule has 2 N–H and O–H groups in total. The number of aromatic nitrogens is 1. The number of hydrogen-bond acceptors (Lipinski definition) is 2. The van der Waals surface area contributed by atoms with Crippen LogP contribution in [0.25, 0.3) is 10.9 Å². The van der Waals surface area contributed by atoms with E-state index in [9.17, 15) is 13.2 Å². The van der Waals surface area contributed by atoms with Crippen molar-refractivity contribution in [2.45, 2.75) is 32.7 Å². The van der Waals surface area contributed by atoms with Crippen LogP contribution in [0.5, 0.6) is 0 Å². The first kappa shape index (κ1) is 13.9. The summed E-state index contributed by atoms with van der Waals surface area (Å²) in [4.78, 5) is 4.56. The first-order valence-electron chi connectivity index (χ1n) is 5.87. The van der Waals surface area contributed by atoms with Gasteiger partial charge in [0.15, 0.2) is 0 Å². The standard InChI is InChI=1S/C13H15F3N2O/c1-8(2)18-6-9(7-19-17)11-5-10(13(14,15)16)3-4-12(11)18/h3-6,8H,7,17H2,1-2H3. The zero-order valence-corrected chi connectivity index (χ0v) is 10.7. The zero-order valence-electron chi connectivity index (χ0n) is 10.7. The minimum absolute atomic E-state index is 0.0809. The molecular weight excluding hydrogens is 257 g/mol. The van der Waals surface area contributed by atoms with Gasteiger partial charge in [-0.05, 0) is 32.0 Å². The van der Waals surface area contributed by atoms with Gasteiger partial charge in [-0.25, -0.2) is 5.90 Å². The van der Waals surface area contributed by atoms with Gasteiger partial charge in [-0.3, -0.25) is 4.84 Å². The van der Waals surface area contributed by atoms with Crippen molar-refractivity contribution in [3.05, 3.63) is 35.5 Å². The lowest BCUT2D eigenvalue weighted by Crippen LogP contribution is -2.05. The quantitative estimate of drug-likeness (QED) is 0.867. The molecule has 104 valence electrons. The van der Waals surface area contributed by atoms with Crippen LogP contribution >= 0.6 is 0 Å². The average Bonchev–Trinajstić information content (AvgIpc) is 2.67. The van der Waals surface area contributed by atoms with Gasteiger partial charge in [0.1, 0.15) is 0 Å². The Labute approximate surface area is 108 Å². The second kappa shape index (κ2) is 4.86. The van der Waals surface area contributed by atoms with Crippen LogP contribution in [0.3, 0.4) is 0 Å². The summed E-state index contributed by atoms with van der Waals surface area (Å²) >= 11 is 0. The van der Waals surface area contributed by atoms with E-state index in [1.807, 2.05) is 18.4 Å². The maximum Gasteiger partial charge on any atom is 0.416 e. The van der Waals surface area contributed by atoms with Gasteiger partial charge in [-0.2, -0.15) is 13.2 Å². The van der Waals surface area contributed by atoms with Gasteiger partial charge in [0.25, 0.3) is 0 Å². The lowest BCUT2D eigenvalue weighted by Gasteiger charge is -2.10. The molecule has 0 saturated carbocycles. The molecule has 0 bridgehead atoms. The van der Waals surface area contributed by atoms with Gasteiger partial charge in [0, 0.05) is 28.7 Å². The van der Waals surface area contributed by atoms with Gasteiger partial charge in [-0.15, -0.1) is 0 Å². The Morgan fingerprint density at radius 1 is 1.32 bits per heavy atom. The van der Waals surface area contributed by atoms with Crippen molar-refractivity contribution in [3.63, 3.8) is 0 Å². The number of alkyl halides is 3. The lowest BCUT2D eigenvalue weighted by molar-refractivity contribution is -0.137. The molecule has 0 aliphatic heterocycles. The van der Waals surface area contributed by atoms with Crippen LogP contribution in [0.4, 0.5) is 13.2 Å². The highest BCUT2D eigenvalue weighted by Gasteiger charge is 2.31. The first-order chi connectivity index (χ1) is 8.84. The zero-order chi connectivity index (χ0) is 14.2. The Hall–Kier alpha value is -1.53. The van der Waals surface area contributed by atoms with Crippen molar-refractivity contribution in [2.75, 3.05) is 0 Å². The van der Waals surface area contributed by atoms with Crippen molar-refractivity contribution >= 4 is 10.9 Å². The van der Waals surface area contributed by atoms with Gasteiger partial charge in [0.05, 0.1) is 12.2 Å². The Morgan fingerprint density at radius 2 is 2.00 bits per heavy atom.